The number of nitrogens with zero attached hydrogens (tertiary/aromatic N) is 2. The molecule has 5 rings (SSSR count). The Kier molecular flexibility index (Phi) is 6.11. The van der Waals surface area contributed by atoms with Crippen molar-refractivity contribution in [2.24, 2.45) is 0 Å². The molecule has 0 saturated carbocycles. The average Bonchev–Trinajstić information content (AvgIpc) is 3.39. The van der Waals surface area contributed by atoms with Gasteiger partial charge in [0.1, 0.15) is 13.2 Å². The molecule has 0 spiro atoms. The van der Waals surface area contributed by atoms with Crippen molar-refractivity contribution in [1.82, 2.24) is 9.97 Å². The Balaban J connectivity index is 1.41. The van der Waals surface area contributed by atoms with Crippen LogP contribution in [0.5, 0.6) is 11.5 Å². The highest BCUT2D eigenvalue weighted by Crippen LogP contribution is 2.35. The fourth-order valence-corrected chi connectivity index (χ4v) is 3.39. The number of oxazole rings is 1. The molecule has 0 aliphatic carbocycles. The van der Waals surface area contributed by atoms with Gasteiger partial charge in [0.05, 0.1) is 11.8 Å². The highest BCUT2D eigenvalue weighted by molar-refractivity contribution is 5.64. The second kappa shape index (κ2) is 9.83. The summed E-state index contributed by atoms with van der Waals surface area (Å²) >= 11 is 0. The highest BCUT2D eigenvalue weighted by Gasteiger charge is 2.13. The highest BCUT2D eigenvalue weighted by atomic mass is 16.5. The molecule has 0 amide bonds. The van der Waals surface area contributed by atoms with E-state index in [1.165, 1.54) is 0 Å². The minimum absolute atomic E-state index is 0.434. The van der Waals surface area contributed by atoms with Gasteiger partial charge in [0.15, 0.2) is 17.3 Å². The lowest BCUT2D eigenvalue weighted by Gasteiger charge is -2.14. The molecule has 5 heteroatoms. The molecule has 0 radical (unpaired) electrons. The molecule has 0 fully saturated rings. The van der Waals surface area contributed by atoms with E-state index < -0.39 is 0 Å². The molecule has 2 heterocycles. The normalized spacial score (nSPS) is 10.7. The molecular weight excluding hydrogens is 412 g/mol. The van der Waals surface area contributed by atoms with Gasteiger partial charge in [0, 0.05) is 18.0 Å². The maximum atomic E-state index is 6.17. The monoisotopic (exact) mass is 434 g/mol. The van der Waals surface area contributed by atoms with E-state index in [1.54, 1.807) is 18.6 Å². The number of hydrogen-bond acceptors (Lipinski definition) is 5. The van der Waals surface area contributed by atoms with Crippen LogP contribution >= 0.6 is 0 Å². The van der Waals surface area contributed by atoms with E-state index in [9.17, 15) is 0 Å². The maximum absolute atomic E-state index is 6.17. The Morgan fingerprint density at radius 2 is 1.33 bits per heavy atom. The number of rotatable bonds is 8. The van der Waals surface area contributed by atoms with E-state index in [2.05, 4.69) is 9.97 Å². The Bertz CT molecular complexity index is 1300. The predicted molar refractivity (Wildman–Crippen MR) is 127 cm³/mol. The standard InChI is InChI=1S/C28H22N2O3/c1-3-8-21(9-4-1)19-31-25-14-13-23(16-26(25)32-20-22-10-5-2-6-11-22)27-18-30-28(33-27)24-12-7-15-29-17-24/h1-18H,19-20H2. The van der Waals surface area contributed by atoms with Gasteiger partial charge in [0.2, 0.25) is 5.89 Å². The zero-order valence-electron chi connectivity index (χ0n) is 17.9. The third kappa shape index (κ3) is 5.10. The van der Waals surface area contributed by atoms with E-state index in [-0.39, 0.29) is 0 Å². The molecule has 0 atom stereocenters. The van der Waals surface area contributed by atoms with Gasteiger partial charge >= 0.3 is 0 Å². The first-order valence-electron chi connectivity index (χ1n) is 10.7. The van der Waals surface area contributed by atoms with Crippen LogP contribution in [0.15, 0.2) is 114 Å². The fourth-order valence-electron chi connectivity index (χ4n) is 3.39. The molecular formula is C28H22N2O3. The first kappa shape index (κ1) is 20.5. The first-order valence-corrected chi connectivity index (χ1v) is 10.7. The van der Waals surface area contributed by atoms with Gasteiger partial charge < -0.3 is 13.9 Å². The SMILES string of the molecule is c1ccc(COc2ccc(-c3cnc(-c4cccnc4)o3)cc2OCc2ccccc2)cc1. The molecule has 0 aliphatic heterocycles. The zero-order chi connectivity index (χ0) is 22.3. The summed E-state index contributed by atoms with van der Waals surface area (Å²) in [4.78, 5) is 8.54. The third-order valence-corrected chi connectivity index (χ3v) is 5.12. The van der Waals surface area contributed by atoms with Gasteiger partial charge in [0.25, 0.3) is 0 Å². The molecule has 3 aromatic carbocycles. The molecule has 5 aromatic rings. The van der Waals surface area contributed by atoms with Gasteiger partial charge in [-0.05, 0) is 41.5 Å². The van der Waals surface area contributed by atoms with E-state index in [1.807, 2.05) is 91.0 Å². The van der Waals surface area contributed by atoms with Gasteiger partial charge in [-0.3, -0.25) is 4.98 Å². The summed E-state index contributed by atoms with van der Waals surface area (Å²) in [5, 5.41) is 0. The van der Waals surface area contributed by atoms with Crippen LogP contribution in [-0.4, -0.2) is 9.97 Å². The van der Waals surface area contributed by atoms with Crippen LogP contribution in [0.4, 0.5) is 0 Å². The van der Waals surface area contributed by atoms with Crippen LogP contribution < -0.4 is 9.47 Å². The largest absolute Gasteiger partial charge is 0.485 e. The zero-order valence-corrected chi connectivity index (χ0v) is 17.9. The predicted octanol–water partition coefficient (Wildman–Crippen LogP) is 6.56. The van der Waals surface area contributed by atoms with E-state index in [0.717, 1.165) is 22.3 Å². The van der Waals surface area contributed by atoms with Crippen LogP contribution in [0.2, 0.25) is 0 Å². The number of hydrogen-bond donors (Lipinski definition) is 0. The summed E-state index contributed by atoms with van der Waals surface area (Å²) in [6.07, 6.45) is 5.16. The van der Waals surface area contributed by atoms with Gasteiger partial charge in [-0.2, -0.15) is 0 Å². The molecule has 0 unspecified atom stereocenters. The van der Waals surface area contributed by atoms with Gasteiger partial charge in [-0.1, -0.05) is 60.7 Å². The van der Waals surface area contributed by atoms with E-state index >= 15 is 0 Å². The van der Waals surface area contributed by atoms with E-state index in [0.29, 0.717) is 36.4 Å². The lowest BCUT2D eigenvalue weighted by Crippen LogP contribution is -2.00. The van der Waals surface area contributed by atoms with Crippen molar-refractivity contribution in [1.29, 1.82) is 0 Å². The lowest BCUT2D eigenvalue weighted by molar-refractivity contribution is 0.256. The first-order chi connectivity index (χ1) is 16.3. The summed E-state index contributed by atoms with van der Waals surface area (Å²) in [5.74, 6) is 2.49. The smallest absolute Gasteiger partial charge is 0.228 e. The number of ether oxygens (including phenoxy) is 2. The van der Waals surface area contributed by atoms with Crippen LogP contribution in [0.25, 0.3) is 22.8 Å². The maximum Gasteiger partial charge on any atom is 0.228 e. The van der Waals surface area contributed by atoms with Crippen molar-refractivity contribution in [3.8, 4) is 34.3 Å². The summed E-state index contributed by atoms with van der Waals surface area (Å²) in [6, 6.07) is 29.7. The van der Waals surface area contributed by atoms with Crippen molar-refractivity contribution in [2.45, 2.75) is 13.2 Å². The van der Waals surface area contributed by atoms with Crippen molar-refractivity contribution in [3.63, 3.8) is 0 Å². The van der Waals surface area contributed by atoms with Gasteiger partial charge in [-0.25, -0.2) is 4.98 Å². The van der Waals surface area contributed by atoms with Crippen LogP contribution in [0.3, 0.4) is 0 Å². The summed E-state index contributed by atoms with van der Waals surface area (Å²) < 4.78 is 18.3. The second-order valence-corrected chi connectivity index (χ2v) is 7.48. The van der Waals surface area contributed by atoms with Crippen molar-refractivity contribution in [2.75, 3.05) is 0 Å². The average molecular weight is 434 g/mol. The Morgan fingerprint density at radius 1 is 0.636 bits per heavy atom. The van der Waals surface area contributed by atoms with E-state index in [4.69, 9.17) is 13.9 Å². The molecule has 162 valence electrons. The minimum Gasteiger partial charge on any atom is -0.485 e. The molecule has 0 saturated heterocycles. The molecule has 33 heavy (non-hydrogen) atoms. The second-order valence-electron chi connectivity index (χ2n) is 7.48. The Labute approximate surface area is 192 Å². The fraction of sp³-hybridized carbons (Fsp3) is 0.0714. The van der Waals surface area contributed by atoms with Crippen molar-refractivity contribution >= 4 is 0 Å². The Hall–Kier alpha value is -4.38. The number of pyridine rings is 1. The molecule has 2 aromatic heterocycles. The van der Waals surface area contributed by atoms with Crippen LogP contribution in [0, 0.1) is 0 Å². The lowest BCUT2D eigenvalue weighted by atomic mass is 10.1. The molecule has 0 aliphatic rings. The van der Waals surface area contributed by atoms with Crippen LogP contribution in [0.1, 0.15) is 11.1 Å². The van der Waals surface area contributed by atoms with Crippen molar-refractivity contribution in [3.05, 3.63) is 121 Å². The number of aromatic nitrogens is 2. The molecule has 5 nitrogen and oxygen atoms in total. The quantitative estimate of drug-likeness (QED) is 0.277. The van der Waals surface area contributed by atoms with Crippen molar-refractivity contribution < 1.29 is 13.9 Å². The summed E-state index contributed by atoms with van der Waals surface area (Å²) in [7, 11) is 0. The van der Waals surface area contributed by atoms with Crippen LogP contribution in [-0.2, 0) is 13.2 Å². The topological polar surface area (TPSA) is 57.4 Å². The molecule has 0 N–H and O–H groups in total. The minimum atomic E-state index is 0.434. The summed E-state index contributed by atoms with van der Waals surface area (Å²) in [6.45, 7) is 0.888. The number of benzene rings is 3. The Morgan fingerprint density at radius 3 is 2.00 bits per heavy atom. The van der Waals surface area contributed by atoms with Gasteiger partial charge in [-0.15, -0.1) is 0 Å². The third-order valence-electron chi connectivity index (χ3n) is 5.12. The molecule has 0 bridgehead atoms. The summed E-state index contributed by atoms with van der Waals surface area (Å²) in [5.41, 5.74) is 3.85.